The monoisotopic (exact) mass is 265 g/mol. The van der Waals surface area contributed by atoms with E-state index in [1.54, 1.807) is 18.2 Å². The van der Waals surface area contributed by atoms with Gasteiger partial charge in [0.15, 0.2) is 5.69 Å². The molecule has 5 nitrogen and oxygen atoms in total. The molecule has 94 valence electrons. The smallest absolute Gasteiger partial charge is 0.275 e. The van der Waals surface area contributed by atoms with Gasteiger partial charge in [0.2, 0.25) is 5.43 Å². The lowest BCUT2D eigenvalue weighted by molar-refractivity contribution is 0.0947. The molecule has 0 spiro atoms. The second-order valence-corrected chi connectivity index (χ2v) is 4.23. The number of carbonyl (C=O) groups excluding carboxylic acids is 1. The number of nitrogens with one attached hydrogen (secondary N) is 2. The lowest BCUT2D eigenvalue weighted by Gasteiger charge is -2.04. The average molecular weight is 266 g/mol. The fraction of sp³-hybridized carbons (Fsp3) is 0.250. The van der Waals surface area contributed by atoms with Gasteiger partial charge in [-0.15, -0.1) is 0 Å². The summed E-state index contributed by atoms with van der Waals surface area (Å²) in [6.45, 7) is 2.44. The molecule has 6 heteroatoms. The van der Waals surface area contributed by atoms with Crippen LogP contribution in [0.15, 0.2) is 23.0 Å². The predicted molar refractivity (Wildman–Crippen MR) is 70.0 cm³/mol. The molecule has 0 saturated carbocycles. The van der Waals surface area contributed by atoms with Gasteiger partial charge in [-0.25, -0.2) is 0 Å². The third-order valence-corrected chi connectivity index (χ3v) is 2.82. The van der Waals surface area contributed by atoms with Crippen molar-refractivity contribution in [2.45, 2.75) is 13.3 Å². The van der Waals surface area contributed by atoms with Gasteiger partial charge in [0, 0.05) is 6.54 Å². The van der Waals surface area contributed by atoms with Crippen molar-refractivity contribution in [3.8, 4) is 0 Å². The lowest BCUT2D eigenvalue weighted by Crippen LogP contribution is -2.31. The van der Waals surface area contributed by atoms with E-state index >= 15 is 0 Å². The first-order chi connectivity index (χ1) is 8.65. The van der Waals surface area contributed by atoms with Crippen LogP contribution in [0.4, 0.5) is 0 Å². The number of hydrogen-bond acceptors (Lipinski definition) is 3. The highest BCUT2D eigenvalue weighted by molar-refractivity contribution is 6.35. The van der Waals surface area contributed by atoms with Gasteiger partial charge >= 0.3 is 0 Å². The first kappa shape index (κ1) is 12.6. The topological polar surface area (TPSA) is 74.8 Å². The summed E-state index contributed by atoms with van der Waals surface area (Å²) in [7, 11) is 0. The third-order valence-electron chi connectivity index (χ3n) is 2.50. The van der Waals surface area contributed by atoms with Gasteiger partial charge in [-0.3, -0.25) is 14.7 Å². The first-order valence-electron chi connectivity index (χ1n) is 5.60. The molecule has 0 aliphatic heterocycles. The van der Waals surface area contributed by atoms with Crippen molar-refractivity contribution in [1.29, 1.82) is 0 Å². The number of aromatic amines is 1. The summed E-state index contributed by atoms with van der Waals surface area (Å²) in [5.41, 5.74) is -0.116. The van der Waals surface area contributed by atoms with E-state index in [9.17, 15) is 9.59 Å². The Morgan fingerprint density at radius 2 is 2.28 bits per heavy atom. The van der Waals surface area contributed by atoms with Crippen molar-refractivity contribution < 1.29 is 4.79 Å². The Balaban J connectivity index is 2.52. The van der Waals surface area contributed by atoms with Gasteiger partial charge in [-0.2, -0.15) is 5.10 Å². The standard InChI is InChI=1S/C12H12ClN3O2/c1-2-6-14-12(18)10-11(17)7-4-3-5-8(13)9(7)15-16-10/h3-5H,2,6H2,1H3,(H,14,18)(H,15,17). The average Bonchev–Trinajstić information content (AvgIpc) is 2.37. The normalized spacial score (nSPS) is 10.6. The number of nitrogens with zero attached hydrogens (tertiary/aromatic N) is 1. The van der Waals surface area contributed by atoms with Gasteiger partial charge in [0.1, 0.15) is 0 Å². The summed E-state index contributed by atoms with van der Waals surface area (Å²) < 4.78 is 0. The highest BCUT2D eigenvalue weighted by Gasteiger charge is 2.15. The Kier molecular flexibility index (Phi) is 3.62. The van der Waals surface area contributed by atoms with E-state index < -0.39 is 11.3 Å². The molecule has 0 bridgehead atoms. The lowest BCUT2D eigenvalue weighted by atomic mass is 10.2. The molecule has 0 aliphatic carbocycles. The number of amides is 1. The van der Waals surface area contributed by atoms with Gasteiger partial charge < -0.3 is 5.32 Å². The molecule has 1 aromatic carbocycles. The van der Waals surface area contributed by atoms with Crippen LogP contribution in [-0.2, 0) is 0 Å². The first-order valence-corrected chi connectivity index (χ1v) is 5.98. The zero-order valence-electron chi connectivity index (χ0n) is 9.79. The van der Waals surface area contributed by atoms with E-state index in [1.807, 2.05) is 6.92 Å². The SMILES string of the molecule is CCCNC(=O)c1n[nH]c2c(Cl)cccc2c1=O. The number of aromatic nitrogens is 2. The highest BCUT2D eigenvalue weighted by atomic mass is 35.5. The number of hydrogen-bond donors (Lipinski definition) is 2. The molecule has 0 saturated heterocycles. The molecule has 1 amide bonds. The maximum Gasteiger partial charge on any atom is 0.275 e. The molecule has 2 aromatic rings. The number of fused-ring (bicyclic) bond motifs is 1. The maximum absolute atomic E-state index is 12.1. The van der Waals surface area contributed by atoms with Crippen LogP contribution in [0.2, 0.25) is 5.02 Å². The Morgan fingerprint density at radius 1 is 1.50 bits per heavy atom. The van der Waals surface area contributed by atoms with E-state index in [-0.39, 0.29) is 5.69 Å². The van der Waals surface area contributed by atoms with E-state index in [0.717, 1.165) is 6.42 Å². The Labute approximate surface area is 108 Å². The second kappa shape index (κ2) is 5.18. The number of halogens is 1. The number of H-pyrrole nitrogens is 1. The summed E-state index contributed by atoms with van der Waals surface area (Å²) in [6, 6.07) is 4.92. The van der Waals surface area contributed by atoms with Gasteiger partial charge in [-0.05, 0) is 18.6 Å². The largest absolute Gasteiger partial charge is 0.351 e. The van der Waals surface area contributed by atoms with Crippen molar-refractivity contribution in [2.75, 3.05) is 6.54 Å². The summed E-state index contributed by atoms with van der Waals surface area (Å²) in [4.78, 5) is 23.8. The summed E-state index contributed by atoms with van der Waals surface area (Å²) in [5, 5.41) is 9.80. The Hall–Kier alpha value is -1.88. The number of benzene rings is 1. The number of carbonyl (C=O) groups is 1. The molecule has 18 heavy (non-hydrogen) atoms. The quantitative estimate of drug-likeness (QED) is 0.887. The van der Waals surface area contributed by atoms with Crippen molar-refractivity contribution in [3.05, 3.63) is 39.1 Å². The third kappa shape index (κ3) is 2.22. The Bertz CT molecular complexity index is 651. The number of rotatable bonds is 3. The van der Waals surface area contributed by atoms with Crippen LogP contribution in [0.1, 0.15) is 23.8 Å². The van der Waals surface area contributed by atoms with Crippen LogP contribution in [0.3, 0.4) is 0 Å². The van der Waals surface area contributed by atoms with Crippen molar-refractivity contribution >= 4 is 28.4 Å². The van der Waals surface area contributed by atoms with Gasteiger partial charge in [0.05, 0.1) is 15.9 Å². The molecule has 0 radical (unpaired) electrons. The van der Waals surface area contributed by atoms with E-state index in [4.69, 9.17) is 11.6 Å². The van der Waals surface area contributed by atoms with Gasteiger partial charge in [0.25, 0.3) is 5.91 Å². The Morgan fingerprint density at radius 3 is 3.00 bits per heavy atom. The van der Waals surface area contributed by atoms with Crippen molar-refractivity contribution in [3.63, 3.8) is 0 Å². The fourth-order valence-electron chi connectivity index (χ4n) is 1.59. The zero-order valence-corrected chi connectivity index (χ0v) is 10.5. The maximum atomic E-state index is 12.1. The second-order valence-electron chi connectivity index (χ2n) is 3.82. The molecule has 2 N–H and O–H groups in total. The molecule has 0 unspecified atom stereocenters. The summed E-state index contributed by atoms with van der Waals surface area (Å²) in [5.74, 6) is -0.472. The summed E-state index contributed by atoms with van der Waals surface area (Å²) >= 11 is 5.93. The minimum Gasteiger partial charge on any atom is -0.351 e. The number of para-hydroxylation sites is 1. The minimum absolute atomic E-state index is 0.141. The van der Waals surface area contributed by atoms with E-state index in [1.165, 1.54) is 0 Å². The summed E-state index contributed by atoms with van der Waals surface area (Å²) in [6.07, 6.45) is 0.795. The molecular formula is C12H12ClN3O2. The molecule has 0 atom stereocenters. The van der Waals surface area contributed by atoms with Gasteiger partial charge in [-0.1, -0.05) is 24.6 Å². The van der Waals surface area contributed by atoms with Crippen LogP contribution in [0.25, 0.3) is 10.9 Å². The van der Waals surface area contributed by atoms with Crippen LogP contribution >= 0.6 is 11.6 Å². The van der Waals surface area contributed by atoms with Crippen molar-refractivity contribution in [1.82, 2.24) is 15.5 Å². The van der Waals surface area contributed by atoms with Crippen LogP contribution in [0.5, 0.6) is 0 Å². The molecule has 1 heterocycles. The van der Waals surface area contributed by atoms with Crippen LogP contribution < -0.4 is 10.7 Å². The molecular weight excluding hydrogens is 254 g/mol. The fourth-order valence-corrected chi connectivity index (χ4v) is 1.81. The zero-order chi connectivity index (χ0) is 13.1. The molecule has 0 fully saturated rings. The highest BCUT2D eigenvalue weighted by Crippen LogP contribution is 2.17. The molecule has 2 rings (SSSR count). The molecule has 1 aromatic heterocycles. The van der Waals surface area contributed by atoms with Crippen LogP contribution in [0, 0.1) is 0 Å². The van der Waals surface area contributed by atoms with Crippen LogP contribution in [-0.4, -0.2) is 22.6 Å². The van der Waals surface area contributed by atoms with E-state index in [0.29, 0.717) is 22.5 Å². The molecule has 0 aliphatic rings. The predicted octanol–water partition coefficient (Wildman–Crippen LogP) is 1.72. The van der Waals surface area contributed by atoms with Crippen molar-refractivity contribution in [2.24, 2.45) is 0 Å². The minimum atomic E-state index is -0.472. The van der Waals surface area contributed by atoms with E-state index in [2.05, 4.69) is 15.5 Å².